The number of rotatable bonds is 5. The molecule has 1 amide bonds. The van der Waals surface area contributed by atoms with Crippen LogP contribution < -0.4 is 4.90 Å². The summed E-state index contributed by atoms with van der Waals surface area (Å²) in [7, 11) is 0. The molecule has 0 saturated carbocycles. The van der Waals surface area contributed by atoms with E-state index in [-0.39, 0.29) is 28.1 Å². The second-order valence-corrected chi connectivity index (χ2v) is 8.30. The third-order valence-electron chi connectivity index (χ3n) is 5.35. The zero-order chi connectivity index (χ0) is 24.6. The molecule has 0 radical (unpaired) electrons. The number of carboxylic acids is 1. The maximum absolute atomic E-state index is 13.1. The molecule has 0 aromatic heterocycles. The van der Waals surface area contributed by atoms with E-state index in [9.17, 15) is 34.7 Å². The number of halogens is 1. The molecule has 170 valence electrons. The summed E-state index contributed by atoms with van der Waals surface area (Å²) in [5, 5.41) is 31.5. The average molecular weight is 523 g/mol. The lowest BCUT2D eigenvalue weighted by Gasteiger charge is -2.25. The van der Waals surface area contributed by atoms with Crippen molar-refractivity contribution < 1.29 is 29.5 Å². The Balaban J connectivity index is 1.94. The highest BCUT2D eigenvalue weighted by Crippen LogP contribution is 2.42. The number of aliphatic hydroxyl groups excluding tert-OH is 1. The number of non-ortho nitro benzene ring substituents is 1. The minimum absolute atomic E-state index is 0.102. The lowest BCUT2D eigenvalue weighted by Crippen LogP contribution is -2.29. The van der Waals surface area contributed by atoms with Gasteiger partial charge in [-0.1, -0.05) is 34.1 Å². The van der Waals surface area contributed by atoms with Gasteiger partial charge in [-0.3, -0.25) is 24.6 Å². The molecule has 34 heavy (non-hydrogen) atoms. The summed E-state index contributed by atoms with van der Waals surface area (Å²) in [6.07, 6.45) is 0. The zero-order valence-electron chi connectivity index (χ0n) is 17.2. The Morgan fingerprint density at radius 1 is 0.941 bits per heavy atom. The second kappa shape index (κ2) is 8.91. The average Bonchev–Trinajstić information content (AvgIpc) is 3.09. The summed E-state index contributed by atoms with van der Waals surface area (Å²) in [4.78, 5) is 49.3. The number of ketones is 1. The second-order valence-electron chi connectivity index (χ2n) is 7.38. The van der Waals surface area contributed by atoms with Crippen molar-refractivity contribution in [1.29, 1.82) is 0 Å². The third kappa shape index (κ3) is 4.06. The summed E-state index contributed by atoms with van der Waals surface area (Å²) in [5.41, 5.74) is 0.218. The number of anilines is 1. The van der Waals surface area contributed by atoms with Gasteiger partial charge in [0.1, 0.15) is 5.76 Å². The maximum atomic E-state index is 13.1. The molecule has 4 rings (SSSR count). The number of nitrogens with zero attached hydrogens (tertiary/aromatic N) is 2. The predicted octanol–water partition coefficient (Wildman–Crippen LogP) is 4.68. The monoisotopic (exact) mass is 522 g/mol. The van der Waals surface area contributed by atoms with E-state index in [0.29, 0.717) is 5.56 Å². The van der Waals surface area contributed by atoms with Gasteiger partial charge in [0.05, 0.1) is 22.1 Å². The fraction of sp³-hybridized carbons (Fsp3) is 0.0417. The summed E-state index contributed by atoms with van der Waals surface area (Å²) in [6.45, 7) is 0. The first-order chi connectivity index (χ1) is 16.2. The number of nitro benzene ring substituents is 1. The number of carbonyl (C=O) groups is 3. The third-order valence-corrected chi connectivity index (χ3v) is 5.88. The van der Waals surface area contributed by atoms with Crippen LogP contribution in [0.4, 0.5) is 11.4 Å². The Morgan fingerprint density at radius 2 is 1.59 bits per heavy atom. The Morgan fingerprint density at radius 3 is 2.18 bits per heavy atom. The molecule has 3 aromatic rings. The van der Waals surface area contributed by atoms with Crippen LogP contribution in [-0.2, 0) is 9.59 Å². The Hall–Kier alpha value is -4.31. The van der Waals surface area contributed by atoms with E-state index in [1.165, 1.54) is 48.5 Å². The van der Waals surface area contributed by atoms with Crippen molar-refractivity contribution in [2.24, 2.45) is 0 Å². The highest BCUT2D eigenvalue weighted by atomic mass is 79.9. The lowest BCUT2D eigenvalue weighted by atomic mass is 9.95. The molecule has 10 heteroatoms. The molecule has 1 aliphatic heterocycles. The summed E-state index contributed by atoms with van der Waals surface area (Å²) >= 11 is 3.30. The minimum atomic E-state index is -1.22. The van der Waals surface area contributed by atoms with Gasteiger partial charge in [0.2, 0.25) is 0 Å². The molecule has 9 nitrogen and oxygen atoms in total. The first-order valence-corrected chi connectivity index (χ1v) is 10.6. The number of amides is 1. The topological polar surface area (TPSA) is 138 Å². The quantitative estimate of drug-likeness (QED) is 0.163. The van der Waals surface area contributed by atoms with E-state index in [0.717, 1.165) is 9.37 Å². The van der Waals surface area contributed by atoms with E-state index in [1.54, 1.807) is 24.3 Å². The van der Waals surface area contributed by atoms with E-state index in [4.69, 9.17) is 0 Å². The van der Waals surface area contributed by atoms with Crippen LogP contribution in [0.1, 0.15) is 27.5 Å². The Bertz CT molecular complexity index is 1360. The van der Waals surface area contributed by atoms with Crippen LogP contribution in [0.3, 0.4) is 0 Å². The molecule has 0 bridgehead atoms. The van der Waals surface area contributed by atoms with Crippen LogP contribution in [-0.4, -0.2) is 32.8 Å². The SMILES string of the molecule is O=C1C(=O)N(c2cccc(C(=O)O)c2)C(c2ccc([N+](=O)[O-])cc2)/C1=C(\O)c1ccc(Br)cc1. The number of aromatic carboxylic acids is 1. The molecule has 1 saturated heterocycles. The van der Waals surface area contributed by atoms with Crippen molar-refractivity contribution in [3.05, 3.63) is 110 Å². The number of aliphatic hydroxyl groups is 1. The molecule has 1 atom stereocenters. The van der Waals surface area contributed by atoms with Gasteiger partial charge in [0, 0.05) is 27.9 Å². The minimum Gasteiger partial charge on any atom is -0.507 e. The van der Waals surface area contributed by atoms with E-state index in [1.807, 2.05) is 0 Å². The number of nitro groups is 1. The van der Waals surface area contributed by atoms with Crippen LogP contribution in [0.15, 0.2) is 82.8 Å². The largest absolute Gasteiger partial charge is 0.507 e. The van der Waals surface area contributed by atoms with Gasteiger partial charge in [-0.15, -0.1) is 0 Å². The molecule has 0 aliphatic carbocycles. The van der Waals surface area contributed by atoms with Crippen molar-refractivity contribution in [3.8, 4) is 0 Å². The summed E-state index contributed by atoms with van der Waals surface area (Å²) in [5.74, 6) is -3.58. The van der Waals surface area contributed by atoms with Crippen molar-refractivity contribution in [2.75, 3.05) is 4.90 Å². The van der Waals surface area contributed by atoms with Gasteiger partial charge >= 0.3 is 5.97 Å². The fourth-order valence-electron chi connectivity index (χ4n) is 3.74. The standard InChI is InChI=1S/C24H15BrN2O7/c25-16-8-4-14(5-9-16)21(28)19-20(13-6-10-17(11-7-13)27(33)34)26(23(30)22(19)29)18-3-1-2-15(12-18)24(31)32/h1-12,20,28H,(H,31,32)/b21-19+. The Kier molecular flexibility index (Phi) is 5.99. The van der Waals surface area contributed by atoms with E-state index < -0.39 is 34.4 Å². The number of hydrogen-bond acceptors (Lipinski definition) is 6. The van der Waals surface area contributed by atoms with Crippen LogP contribution >= 0.6 is 15.9 Å². The molecule has 1 aliphatic rings. The van der Waals surface area contributed by atoms with E-state index >= 15 is 0 Å². The molecule has 1 unspecified atom stereocenters. The first-order valence-electron chi connectivity index (χ1n) is 9.83. The van der Waals surface area contributed by atoms with Crippen molar-refractivity contribution in [3.63, 3.8) is 0 Å². The molecule has 1 heterocycles. The normalized spacial score (nSPS) is 17.1. The van der Waals surface area contributed by atoms with Gasteiger partial charge in [0.15, 0.2) is 0 Å². The number of carbonyl (C=O) groups excluding carboxylic acids is 2. The fourth-order valence-corrected chi connectivity index (χ4v) is 4.01. The van der Waals surface area contributed by atoms with Crippen LogP contribution in [0, 0.1) is 10.1 Å². The predicted molar refractivity (Wildman–Crippen MR) is 125 cm³/mol. The molecule has 3 aromatic carbocycles. The molecule has 0 spiro atoms. The van der Waals surface area contributed by atoms with Gasteiger partial charge in [-0.05, 0) is 48.0 Å². The molecule has 1 fully saturated rings. The lowest BCUT2D eigenvalue weighted by molar-refractivity contribution is -0.384. The Labute approximate surface area is 200 Å². The van der Waals surface area contributed by atoms with Crippen LogP contribution in [0.5, 0.6) is 0 Å². The molecular weight excluding hydrogens is 508 g/mol. The van der Waals surface area contributed by atoms with Crippen molar-refractivity contribution >= 4 is 50.7 Å². The summed E-state index contributed by atoms with van der Waals surface area (Å²) in [6, 6.07) is 16.0. The molecular formula is C24H15BrN2O7. The zero-order valence-corrected chi connectivity index (χ0v) is 18.8. The summed E-state index contributed by atoms with van der Waals surface area (Å²) < 4.78 is 0.738. The van der Waals surface area contributed by atoms with Crippen LogP contribution in [0.25, 0.3) is 5.76 Å². The first kappa shape index (κ1) is 22.9. The number of benzene rings is 3. The van der Waals surface area contributed by atoms with Crippen molar-refractivity contribution in [1.82, 2.24) is 0 Å². The van der Waals surface area contributed by atoms with Gasteiger partial charge < -0.3 is 10.2 Å². The number of Topliss-reactive ketones (excluding diaryl/α,β-unsaturated/α-hetero) is 1. The number of carboxylic acid groups (broad SMARTS) is 1. The van der Waals surface area contributed by atoms with Crippen LogP contribution in [0.2, 0.25) is 0 Å². The van der Waals surface area contributed by atoms with E-state index in [2.05, 4.69) is 15.9 Å². The smallest absolute Gasteiger partial charge is 0.335 e. The molecule has 2 N–H and O–H groups in total. The highest BCUT2D eigenvalue weighted by molar-refractivity contribution is 9.10. The maximum Gasteiger partial charge on any atom is 0.335 e. The number of hydrogen-bond donors (Lipinski definition) is 2. The van der Waals surface area contributed by atoms with Gasteiger partial charge in [-0.25, -0.2) is 4.79 Å². The van der Waals surface area contributed by atoms with Crippen molar-refractivity contribution in [2.45, 2.75) is 6.04 Å². The highest BCUT2D eigenvalue weighted by Gasteiger charge is 2.47. The van der Waals surface area contributed by atoms with Gasteiger partial charge in [0.25, 0.3) is 17.4 Å². The van der Waals surface area contributed by atoms with Gasteiger partial charge in [-0.2, -0.15) is 0 Å².